The van der Waals surface area contributed by atoms with E-state index in [1.807, 2.05) is 7.11 Å². The first kappa shape index (κ1) is 15.0. The van der Waals surface area contributed by atoms with E-state index >= 15 is 0 Å². The zero-order valence-electron chi connectivity index (χ0n) is 12.5. The molecule has 110 valence electrons. The van der Waals surface area contributed by atoms with Crippen LogP contribution in [-0.2, 0) is 9.47 Å². The van der Waals surface area contributed by atoms with Crippen LogP contribution < -0.4 is 5.32 Å². The molecule has 1 unspecified atom stereocenters. The summed E-state index contributed by atoms with van der Waals surface area (Å²) in [5.41, 5.74) is 1.51. The van der Waals surface area contributed by atoms with Crippen molar-refractivity contribution in [2.45, 2.75) is 63.5 Å². The molecule has 0 saturated carbocycles. The topological polar surface area (TPSA) is 30.5 Å². The standard InChI is InChI=1S/C16H29NO2/c1-3-17-15(14-8-6-4-5-7-9-14)16(18-2)10-12-19-13-11-16/h8,15,17H,3-7,9-13H2,1-2H3. The molecule has 0 aromatic rings. The van der Waals surface area contributed by atoms with Crippen LogP contribution in [0.3, 0.4) is 0 Å². The van der Waals surface area contributed by atoms with E-state index in [0.717, 1.165) is 32.6 Å². The summed E-state index contributed by atoms with van der Waals surface area (Å²) < 4.78 is 11.5. The summed E-state index contributed by atoms with van der Waals surface area (Å²) in [5, 5.41) is 3.69. The average molecular weight is 267 g/mol. The molecule has 0 aromatic carbocycles. The van der Waals surface area contributed by atoms with Gasteiger partial charge in [0, 0.05) is 33.2 Å². The molecule has 0 amide bonds. The molecular weight excluding hydrogens is 238 g/mol. The molecule has 1 heterocycles. The van der Waals surface area contributed by atoms with Crippen molar-refractivity contribution in [2.75, 3.05) is 26.9 Å². The van der Waals surface area contributed by atoms with Crippen LogP contribution in [-0.4, -0.2) is 38.5 Å². The minimum atomic E-state index is -0.0650. The van der Waals surface area contributed by atoms with Crippen LogP contribution in [0.2, 0.25) is 0 Å². The van der Waals surface area contributed by atoms with Gasteiger partial charge in [0.15, 0.2) is 0 Å². The van der Waals surface area contributed by atoms with Crippen LogP contribution in [0, 0.1) is 0 Å². The molecule has 0 spiro atoms. The molecule has 1 aliphatic heterocycles. The van der Waals surface area contributed by atoms with Gasteiger partial charge >= 0.3 is 0 Å². The molecule has 3 heteroatoms. The third kappa shape index (κ3) is 3.59. The van der Waals surface area contributed by atoms with Gasteiger partial charge in [-0.2, -0.15) is 0 Å². The van der Waals surface area contributed by atoms with Crippen molar-refractivity contribution < 1.29 is 9.47 Å². The van der Waals surface area contributed by atoms with Crippen molar-refractivity contribution in [3.8, 4) is 0 Å². The minimum absolute atomic E-state index is 0.0650. The SMILES string of the molecule is CCNC(C1=CCCCCC1)C1(OC)CCOCC1. The first-order valence-electron chi connectivity index (χ1n) is 7.87. The number of ether oxygens (including phenoxy) is 2. The highest BCUT2D eigenvalue weighted by Crippen LogP contribution is 2.34. The average Bonchev–Trinajstić information content (AvgIpc) is 2.74. The Morgan fingerprint density at radius 1 is 1.32 bits per heavy atom. The summed E-state index contributed by atoms with van der Waals surface area (Å²) in [6.45, 7) is 4.83. The number of likely N-dealkylation sites (N-methyl/N-ethyl adjacent to an activating group) is 1. The maximum absolute atomic E-state index is 6.00. The summed E-state index contributed by atoms with van der Waals surface area (Å²) in [6, 6.07) is 0.365. The number of methoxy groups -OCH3 is 1. The molecule has 1 atom stereocenters. The summed E-state index contributed by atoms with van der Waals surface area (Å²) in [7, 11) is 1.87. The van der Waals surface area contributed by atoms with Crippen molar-refractivity contribution in [3.63, 3.8) is 0 Å². The minimum Gasteiger partial charge on any atom is -0.381 e. The molecule has 0 radical (unpaired) electrons. The second kappa shape index (κ2) is 7.41. The lowest BCUT2D eigenvalue weighted by molar-refractivity contribution is -0.104. The van der Waals surface area contributed by atoms with Crippen molar-refractivity contribution in [1.82, 2.24) is 5.32 Å². The Bertz CT molecular complexity index is 295. The number of rotatable bonds is 5. The molecule has 2 aliphatic rings. The first-order valence-corrected chi connectivity index (χ1v) is 7.87. The molecule has 1 N–H and O–H groups in total. The molecular formula is C16H29NO2. The van der Waals surface area contributed by atoms with Crippen LogP contribution in [0.5, 0.6) is 0 Å². The van der Waals surface area contributed by atoms with Gasteiger partial charge in [-0.25, -0.2) is 0 Å². The lowest BCUT2D eigenvalue weighted by Gasteiger charge is -2.43. The van der Waals surface area contributed by atoms with Gasteiger partial charge in [-0.15, -0.1) is 0 Å². The van der Waals surface area contributed by atoms with E-state index in [1.54, 1.807) is 5.57 Å². The zero-order chi connectivity index (χ0) is 13.6. The lowest BCUT2D eigenvalue weighted by atomic mass is 9.80. The van der Waals surface area contributed by atoms with Gasteiger partial charge in [0.2, 0.25) is 0 Å². The Balaban J connectivity index is 2.18. The second-order valence-corrected chi connectivity index (χ2v) is 5.75. The Kier molecular flexibility index (Phi) is 5.86. The van der Waals surface area contributed by atoms with E-state index in [9.17, 15) is 0 Å². The van der Waals surface area contributed by atoms with E-state index in [0.29, 0.717) is 6.04 Å². The highest BCUT2D eigenvalue weighted by atomic mass is 16.5. The summed E-state index contributed by atoms with van der Waals surface area (Å²) in [5.74, 6) is 0. The van der Waals surface area contributed by atoms with Gasteiger partial charge < -0.3 is 14.8 Å². The van der Waals surface area contributed by atoms with Gasteiger partial charge in [0.1, 0.15) is 0 Å². The van der Waals surface area contributed by atoms with Crippen LogP contribution in [0.4, 0.5) is 0 Å². The van der Waals surface area contributed by atoms with E-state index < -0.39 is 0 Å². The lowest BCUT2D eigenvalue weighted by Crippen LogP contribution is -2.55. The largest absolute Gasteiger partial charge is 0.381 e. The zero-order valence-corrected chi connectivity index (χ0v) is 12.5. The van der Waals surface area contributed by atoms with Crippen molar-refractivity contribution in [1.29, 1.82) is 0 Å². The van der Waals surface area contributed by atoms with Gasteiger partial charge in [-0.1, -0.05) is 25.0 Å². The van der Waals surface area contributed by atoms with E-state index in [-0.39, 0.29) is 5.60 Å². The fraction of sp³-hybridized carbons (Fsp3) is 0.875. The molecule has 3 nitrogen and oxygen atoms in total. The molecule has 2 rings (SSSR count). The number of nitrogens with one attached hydrogen (secondary N) is 1. The van der Waals surface area contributed by atoms with E-state index in [4.69, 9.17) is 9.47 Å². The van der Waals surface area contributed by atoms with Gasteiger partial charge in [-0.3, -0.25) is 0 Å². The Labute approximate surface area is 117 Å². The first-order chi connectivity index (χ1) is 9.32. The van der Waals surface area contributed by atoms with Gasteiger partial charge in [0.25, 0.3) is 0 Å². The van der Waals surface area contributed by atoms with Crippen molar-refractivity contribution in [3.05, 3.63) is 11.6 Å². The normalized spacial score (nSPS) is 25.5. The maximum atomic E-state index is 6.00. The summed E-state index contributed by atoms with van der Waals surface area (Å²) in [4.78, 5) is 0. The molecule has 0 bridgehead atoms. The molecule has 19 heavy (non-hydrogen) atoms. The second-order valence-electron chi connectivity index (χ2n) is 5.75. The fourth-order valence-electron chi connectivity index (χ4n) is 3.49. The molecule has 0 aromatic heterocycles. The van der Waals surface area contributed by atoms with E-state index in [2.05, 4.69) is 18.3 Å². The molecule has 1 saturated heterocycles. The number of hydrogen-bond donors (Lipinski definition) is 1. The van der Waals surface area contributed by atoms with Crippen molar-refractivity contribution in [2.24, 2.45) is 0 Å². The summed E-state index contributed by atoms with van der Waals surface area (Å²) in [6.07, 6.45) is 10.9. The Morgan fingerprint density at radius 3 is 2.79 bits per heavy atom. The number of hydrogen-bond acceptors (Lipinski definition) is 3. The maximum Gasteiger partial charge on any atom is 0.0913 e. The van der Waals surface area contributed by atoms with E-state index in [1.165, 1.54) is 32.1 Å². The molecule has 1 aliphatic carbocycles. The predicted octanol–water partition coefficient (Wildman–Crippen LogP) is 3.05. The Hall–Kier alpha value is -0.380. The Morgan fingerprint density at radius 2 is 2.11 bits per heavy atom. The molecule has 1 fully saturated rings. The monoisotopic (exact) mass is 267 g/mol. The van der Waals surface area contributed by atoms with Crippen molar-refractivity contribution >= 4 is 0 Å². The highest BCUT2D eigenvalue weighted by Gasteiger charge is 2.41. The number of allylic oxidation sites excluding steroid dienone is 1. The fourth-order valence-corrected chi connectivity index (χ4v) is 3.49. The third-order valence-electron chi connectivity index (χ3n) is 4.63. The van der Waals surface area contributed by atoms with Gasteiger partial charge in [0.05, 0.1) is 11.6 Å². The summed E-state index contributed by atoms with van der Waals surface area (Å²) >= 11 is 0. The quantitative estimate of drug-likeness (QED) is 0.777. The predicted molar refractivity (Wildman–Crippen MR) is 78.4 cm³/mol. The van der Waals surface area contributed by atoms with Gasteiger partial charge in [-0.05, 0) is 32.2 Å². The van der Waals surface area contributed by atoms with Crippen LogP contribution >= 0.6 is 0 Å². The third-order valence-corrected chi connectivity index (χ3v) is 4.63. The van der Waals surface area contributed by atoms with Crippen LogP contribution in [0.1, 0.15) is 51.9 Å². The smallest absolute Gasteiger partial charge is 0.0913 e. The highest BCUT2D eigenvalue weighted by molar-refractivity contribution is 5.19. The van der Waals surface area contributed by atoms with Crippen LogP contribution in [0.15, 0.2) is 11.6 Å². The van der Waals surface area contributed by atoms with Crippen LogP contribution in [0.25, 0.3) is 0 Å².